The van der Waals surface area contributed by atoms with E-state index in [9.17, 15) is 0 Å². The van der Waals surface area contributed by atoms with Crippen molar-refractivity contribution in [2.75, 3.05) is 13.2 Å². The molecule has 1 aliphatic rings. The molecule has 1 heterocycles. The molecule has 0 bridgehead atoms. The molecule has 1 heteroatoms. The molecule has 1 rings (SSSR count). The van der Waals surface area contributed by atoms with E-state index < -0.39 is 0 Å². The molecule has 0 atom stereocenters. The second kappa shape index (κ2) is 4.27. The molecule has 0 radical (unpaired) electrons. The minimum absolute atomic E-state index is 0.699. The van der Waals surface area contributed by atoms with Crippen molar-refractivity contribution in [1.82, 2.24) is 0 Å². The lowest BCUT2D eigenvalue weighted by atomic mass is 9.98. The van der Waals surface area contributed by atoms with E-state index in [0.717, 1.165) is 18.6 Å². The lowest BCUT2D eigenvalue weighted by molar-refractivity contribution is 0.146. The van der Waals surface area contributed by atoms with Crippen LogP contribution in [-0.2, 0) is 4.74 Å². The van der Waals surface area contributed by atoms with Crippen LogP contribution in [0.1, 0.15) is 20.3 Å². The predicted molar refractivity (Wildman–Crippen MR) is 52.1 cm³/mol. The summed E-state index contributed by atoms with van der Waals surface area (Å²) >= 11 is 0. The maximum atomic E-state index is 5.28. The van der Waals surface area contributed by atoms with Gasteiger partial charge in [-0.25, -0.2) is 0 Å². The average molecular weight is 164 g/mol. The monoisotopic (exact) mass is 164 g/mol. The van der Waals surface area contributed by atoms with Gasteiger partial charge in [-0.15, -0.1) is 0 Å². The summed E-state index contributed by atoms with van der Waals surface area (Å²) in [6.45, 7) is 9.68. The summed E-state index contributed by atoms with van der Waals surface area (Å²) in [6.07, 6.45) is 5.20. The van der Waals surface area contributed by atoms with E-state index in [1.807, 2.05) is 6.92 Å². The maximum Gasteiger partial charge on any atom is 0.0714 e. The van der Waals surface area contributed by atoms with Crippen LogP contribution in [0.3, 0.4) is 0 Å². The van der Waals surface area contributed by atoms with Gasteiger partial charge in [0.15, 0.2) is 0 Å². The summed E-state index contributed by atoms with van der Waals surface area (Å²) in [5.74, 6) is 0. The Kier molecular flexibility index (Phi) is 3.30. The highest BCUT2D eigenvalue weighted by Crippen LogP contribution is 2.22. The maximum absolute atomic E-state index is 5.28. The third-order valence-corrected chi connectivity index (χ3v) is 2.09. The number of allylic oxidation sites excluding steroid dienone is 3. The van der Waals surface area contributed by atoms with Gasteiger partial charge in [-0.3, -0.25) is 0 Å². The Hall–Kier alpha value is -0.820. The zero-order valence-corrected chi connectivity index (χ0v) is 7.89. The Balaban J connectivity index is 2.82. The molecular formula is C11H16O. The number of hydrogen-bond acceptors (Lipinski definition) is 1. The summed E-state index contributed by atoms with van der Waals surface area (Å²) in [6, 6.07) is 0. The number of ether oxygens (including phenoxy) is 1. The molecule has 1 fully saturated rings. The Morgan fingerprint density at radius 2 is 2.33 bits per heavy atom. The van der Waals surface area contributed by atoms with Gasteiger partial charge in [0.25, 0.3) is 0 Å². The van der Waals surface area contributed by atoms with Crippen LogP contribution in [0.2, 0.25) is 0 Å². The standard InChI is InChI=1S/C11H16O/c1-4-5-9(2)11-6-7-12-8-10(11)3/h4-5H,3,6-8H2,1-2H3/b5-4-,11-9-. The molecule has 12 heavy (non-hydrogen) atoms. The fraction of sp³-hybridized carbons (Fsp3) is 0.455. The van der Waals surface area contributed by atoms with E-state index in [2.05, 4.69) is 25.7 Å². The summed E-state index contributed by atoms with van der Waals surface area (Å²) < 4.78 is 5.28. The van der Waals surface area contributed by atoms with Gasteiger partial charge in [0.1, 0.15) is 0 Å². The smallest absolute Gasteiger partial charge is 0.0714 e. The fourth-order valence-electron chi connectivity index (χ4n) is 1.46. The number of rotatable bonds is 1. The van der Waals surface area contributed by atoms with E-state index >= 15 is 0 Å². The summed E-state index contributed by atoms with van der Waals surface area (Å²) in [5.41, 5.74) is 3.84. The van der Waals surface area contributed by atoms with Crippen LogP contribution in [0, 0.1) is 0 Å². The van der Waals surface area contributed by atoms with Gasteiger partial charge in [-0.05, 0) is 37.0 Å². The van der Waals surface area contributed by atoms with Crippen LogP contribution >= 0.6 is 0 Å². The average Bonchev–Trinajstić information content (AvgIpc) is 2.05. The van der Waals surface area contributed by atoms with Crippen LogP contribution in [0.5, 0.6) is 0 Å². The molecule has 0 spiro atoms. The van der Waals surface area contributed by atoms with Crippen molar-refractivity contribution in [1.29, 1.82) is 0 Å². The van der Waals surface area contributed by atoms with Gasteiger partial charge >= 0.3 is 0 Å². The Bertz CT molecular complexity index is 233. The lowest BCUT2D eigenvalue weighted by Gasteiger charge is -2.19. The highest BCUT2D eigenvalue weighted by atomic mass is 16.5. The Morgan fingerprint density at radius 3 is 2.92 bits per heavy atom. The van der Waals surface area contributed by atoms with Gasteiger partial charge in [0, 0.05) is 0 Å². The van der Waals surface area contributed by atoms with Crippen molar-refractivity contribution in [3.63, 3.8) is 0 Å². The van der Waals surface area contributed by atoms with Gasteiger partial charge in [-0.2, -0.15) is 0 Å². The van der Waals surface area contributed by atoms with E-state index in [0.29, 0.717) is 6.61 Å². The van der Waals surface area contributed by atoms with E-state index in [4.69, 9.17) is 4.74 Å². The summed E-state index contributed by atoms with van der Waals surface area (Å²) in [4.78, 5) is 0. The Morgan fingerprint density at radius 1 is 1.58 bits per heavy atom. The molecule has 1 aliphatic heterocycles. The molecule has 0 aromatic heterocycles. The third-order valence-electron chi connectivity index (χ3n) is 2.09. The van der Waals surface area contributed by atoms with Crippen molar-refractivity contribution < 1.29 is 4.74 Å². The van der Waals surface area contributed by atoms with Crippen molar-refractivity contribution in [3.05, 3.63) is 35.5 Å². The van der Waals surface area contributed by atoms with Crippen molar-refractivity contribution >= 4 is 0 Å². The third kappa shape index (κ3) is 2.08. The highest BCUT2D eigenvalue weighted by molar-refractivity contribution is 5.38. The normalized spacial score (nSPS) is 23.3. The first-order valence-corrected chi connectivity index (χ1v) is 4.34. The minimum atomic E-state index is 0.699. The summed E-state index contributed by atoms with van der Waals surface area (Å²) in [7, 11) is 0. The van der Waals surface area contributed by atoms with Crippen LogP contribution in [0.25, 0.3) is 0 Å². The molecule has 0 amide bonds. The Labute approximate surface area is 74.4 Å². The van der Waals surface area contributed by atoms with Crippen molar-refractivity contribution in [2.45, 2.75) is 20.3 Å². The van der Waals surface area contributed by atoms with Gasteiger partial charge in [-0.1, -0.05) is 18.7 Å². The van der Waals surface area contributed by atoms with Crippen LogP contribution in [-0.4, -0.2) is 13.2 Å². The molecule has 1 nitrogen and oxygen atoms in total. The summed E-state index contributed by atoms with van der Waals surface area (Å²) in [5, 5.41) is 0. The largest absolute Gasteiger partial charge is 0.376 e. The van der Waals surface area contributed by atoms with E-state index in [1.165, 1.54) is 11.1 Å². The molecular weight excluding hydrogens is 148 g/mol. The van der Waals surface area contributed by atoms with Crippen LogP contribution in [0.4, 0.5) is 0 Å². The molecule has 0 aliphatic carbocycles. The zero-order valence-electron chi connectivity index (χ0n) is 7.89. The molecule has 0 saturated carbocycles. The van der Waals surface area contributed by atoms with Crippen molar-refractivity contribution in [2.24, 2.45) is 0 Å². The van der Waals surface area contributed by atoms with Gasteiger partial charge in [0.05, 0.1) is 13.2 Å². The predicted octanol–water partition coefficient (Wildman–Crippen LogP) is 2.86. The van der Waals surface area contributed by atoms with Crippen LogP contribution in [0.15, 0.2) is 35.5 Å². The molecule has 0 aromatic rings. The van der Waals surface area contributed by atoms with Crippen molar-refractivity contribution in [3.8, 4) is 0 Å². The molecule has 66 valence electrons. The van der Waals surface area contributed by atoms with Gasteiger partial charge in [0.2, 0.25) is 0 Å². The minimum Gasteiger partial charge on any atom is -0.376 e. The zero-order chi connectivity index (χ0) is 8.97. The fourth-order valence-corrected chi connectivity index (χ4v) is 1.46. The highest BCUT2D eigenvalue weighted by Gasteiger charge is 2.10. The molecule has 0 aromatic carbocycles. The molecule has 0 unspecified atom stereocenters. The van der Waals surface area contributed by atoms with Gasteiger partial charge < -0.3 is 4.74 Å². The first-order valence-electron chi connectivity index (χ1n) is 4.34. The number of hydrogen-bond donors (Lipinski definition) is 0. The lowest BCUT2D eigenvalue weighted by Crippen LogP contribution is -2.11. The molecule has 1 saturated heterocycles. The SMILES string of the molecule is C=C1COCC/C1=C(C)/C=C\C. The topological polar surface area (TPSA) is 9.23 Å². The quantitative estimate of drug-likeness (QED) is 0.579. The van der Waals surface area contributed by atoms with E-state index in [-0.39, 0.29) is 0 Å². The second-order valence-corrected chi connectivity index (χ2v) is 3.07. The van der Waals surface area contributed by atoms with Crippen LogP contribution < -0.4 is 0 Å². The van der Waals surface area contributed by atoms with E-state index in [1.54, 1.807) is 0 Å². The first-order chi connectivity index (χ1) is 5.75. The first kappa shape index (κ1) is 9.27. The second-order valence-electron chi connectivity index (χ2n) is 3.07. The molecule has 0 N–H and O–H groups in total.